The van der Waals surface area contributed by atoms with Crippen LogP contribution in [0.2, 0.25) is 0 Å². The normalized spacial score (nSPS) is 12.9. The molecule has 0 aliphatic rings. The predicted octanol–water partition coefficient (Wildman–Crippen LogP) is 1.76. The fraction of sp³-hybridized carbons (Fsp3) is 0.600. The minimum Gasteiger partial charge on any atom is -0.446 e. The smallest absolute Gasteiger partial charge is 0.195 e. The SMILES string of the molecule is Cc1ccc(N(C)C(C)CCN)o1. The van der Waals surface area contributed by atoms with E-state index in [4.69, 9.17) is 10.2 Å². The van der Waals surface area contributed by atoms with Gasteiger partial charge in [-0.15, -0.1) is 0 Å². The molecule has 3 heteroatoms. The van der Waals surface area contributed by atoms with Crippen molar-refractivity contribution in [3.8, 4) is 0 Å². The molecule has 2 N–H and O–H groups in total. The first-order chi connectivity index (χ1) is 6.15. The van der Waals surface area contributed by atoms with Gasteiger partial charge in [-0.05, 0) is 32.9 Å². The van der Waals surface area contributed by atoms with Crippen LogP contribution >= 0.6 is 0 Å². The Morgan fingerprint density at radius 3 is 2.69 bits per heavy atom. The van der Waals surface area contributed by atoms with Gasteiger partial charge in [0.25, 0.3) is 0 Å². The topological polar surface area (TPSA) is 42.4 Å². The van der Waals surface area contributed by atoms with Crippen molar-refractivity contribution < 1.29 is 4.42 Å². The van der Waals surface area contributed by atoms with Crippen LogP contribution in [0.1, 0.15) is 19.1 Å². The average molecular weight is 182 g/mol. The summed E-state index contributed by atoms with van der Waals surface area (Å²) in [7, 11) is 2.03. The molecule has 0 amide bonds. The molecule has 3 nitrogen and oxygen atoms in total. The summed E-state index contributed by atoms with van der Waals surface area (Å²) in [6, 6.07) is 4.39. The highest BCUT2D eigenvalue weighted by molar-refractivity contribution is 5.36. The molecule has 0 fully saturated rings. The molecule has 0 aliphatic heterocycles. The zero-order valence-electron chi connectivity index (χ0n) is 8.58. The zero-order valence-corrected chi connectivity index (χ0v) is 8.58. The van der Waals surface area contributed by atoms with Crippen LogP contribution in [-0.4, -0.2) is 19.6 Å². The van der Waals surface area contributed by atoms with Gasteiger partial charge in [-0.1, -0.05) is 0 Å². The highest BCUT2D eigenvalue weighted by Crippen LogP contribution is 2.19. The Balaban J connectivity index is 2.61. The molecule has 0 spiro atoms. The lowest BCUT2D eigenvalue weighted by Crippen LogP contribution is -2.30. The van der Waals surface area contributed by atoms with E-state index in [0.29, 0.717) is 12.6 Å². The lowest BCUT2D eigenvalue weighted by Gasteiger charge is -2.23. The molecule has 1 unspecified atom stereocenters. The molecule has 74 valence electrons. The number of rotatable bonds is 4. The molecule has 1 aromatic heterocycles. The summed E-state index contributed by atoms with van der Waals surface area (Å²) in [5.74, 6) is 1.86. The van der Waals surface area contributed by atoms with E-state index in [-0.39, 0.29) is 0 Å². The van der Waals surface area contributed by atoms with Crippen LogP contribution in [0, 0.1) is 6.92 Å². The van der Waals surface area contributed by atoms with Crippen LogP contribution < -0.4 is 10.6 Å². The Hall–Kier alpha value is -0.960. The van der Waals surface area contributed by atoms with Crippen LogP contribution in [0.3, 0.4) is 0 Å². The molecular weight excluding hydrogens is 164 g/mol. The summed E-state index contributed by atoms with van der Waals surface area (Å²) in [4.78, 5) is 2.11. The van der Waals surface area contributed by atoms with Gasteiger partial charge in [-0.25, -0.2) is 0 Å². The second-order valence-electron chi connectivity index (χ2n) is 3.42. The predicted molar refractivity (Wildman–Crippen MR) is 55.0 cm³/mol. The summed E-state index contributed by atoms with van der Waals surface area (Å²) in [6.07, 6.45) is 0.982. The molecule has 0 aliphatic carbocycles. The van der Waals surface area contributed by atoms with E-state index in [1.54, 1.807) is 0 Å². The van der Waals surface area contributed by atoms with Crippen molar-refractivity contribution in [3.63, 3.8) is 0 Å². The van der Waals surface area contributed by atoms with E-state index in [0.717, 1.165) is 18.1 Å². The van der Waals surface area contributed by atoms with Crippen molar-refractivity contribution in [2.75, 3.05) is 18.5 Å². The van der Waals surface area contributed by atoms with Crippen LogP contribution in [0.5, 0.6) is 0 Å². The van der Waals surface area contributed by atoms with E-state index in [9.17, 15) is 0 Å². The maximum absolute atomic E-state index is 5.50. The summed E-state index contributed by atoms with van der Waals surface area (Å²) >= 11 is 0. The van der Waals surface area contributed by atoms with Gasteiger partial charge in [0, 0.05) is 19.2 Å². The standard InChI is InChI=1S/C10H18N2O/c1-8(6-7-11)12(3)10-5-4-9(2)13-10/h4-5,8H,6-7,11H2,1-3H3. The molecule has 1 atom stereocenters. The van der Waals surface area contributed by atoms with E-state index in [2.05, 4.69) is 11.8 Å². The van der Waals surface area contributed by atoms with E-state index in [1.807, 2.05) is 26.1 Å². The van der Waals surface area contributed by atoms with Crippen molar-refractivity contribution in [1.82, 2.24) is 0 Å². The molecular formula is C10H18N2O. The van der Waals surface area contributed by atoms with Crippen molar-refractivity contribution in [2.45, 2.75) is 26.3 Å². The van der Waals surface area contributed by atoms with Crippen molar-refractivity contribution in [3.05, 3.63) is 17.9 Å². The van der Waals surface area contributed by atoms with Crippen LogP contribution in [-0.2, 0) is 0 Å². The lowest BCUT2D eigenvalue weighted by atomic mass is 10.2. The summed E-state index contributed by atoms with van der Waals surface area (Å²) in [5, 5.41) is 0. The van der Waals surface area contributed by atoms with Gasteiger partial charge in [0.05, 0.1) is 0 Å². The first-order valence-electron chi connectivity index (χ1n) is 4.64. The Labute approximate surface area is 79.5 Å². The number of nitrogens with two attached hydrogens (primary N) is 1. The van der Waals surface area contributed by atoms with E-state index < -0.39 is 0 Å². The number of anilines is 1. The second-order valence-corrected chi connectivity index (χ2v) is 3.42. The first kappa shape index (κ1) is 10.1. The van der Waals surface area contributed by atoms with Crippen molar-refractivity contribution >= 4 is 5.88 Å². The molecule has 13 heavy (non-hydrogen) atoms. The van der Waals surface area contributed by atoms with Gasteiger partial charge < -0.3 is 15.1 Å². The largest absolute Gasteiger partial charge is 0.446 e. The van der Waals surface area contributed by atoms with Crippen LogP contribution in [0.4, 0.5) is 5.88 Å². The van der Waals surface area contributed by atoms with Gasteiger partial charge in [-0.2, -0.15) is 0 Å². The van der Waals surface area contributed by atoms with Crippen LogP contribution in [0.25, 0.3) is 0 Å². The third-order valence-corrected chi connectivity index (χ3v) is 2.32. The quantitative estimate of drug-likeness (QED) is 0.771. The second kappa shape index (κ2) is 4.33. The maximum Gasteiger partial charge on any atom is 0.195 e. The van der Waals surface area contributed by atoms with Gasteiger partial charge in [0.2, 0.25) is 0 Å². The number of furan rings is 1. The number of hydrogen-bond acceptors (Lipinski definition) is 3. The molecule has 0 bridgehead atoms. The molecule has 1 heterocycles. The Morgan fingerprint density at radius 2 is 2.23 bits per heavy atom. The monoisotopic (exact) mass is 182 g/mol. The third kappa shape index (κ3) is 2.49. The third-order valence-electron chi connectivity index (χ3n) is 2.32. The number of aryl methyl sites for hydroxylation is 1. The Kier molecular flexibility index (Phi) is 3.37. The molecule has 0 saturated heterocycles. The number of hydrogen-bond donors (Lipinski definition) is 1. The van der Waals surface area contributed by atoms with E-state index >= 15 is 0 Å². The fourth-order valence-electron chi connectivity index (χ4n) is 1.26. The van der Waals surface area contributed by atoms with Gasteiger partial charge in [0.1, 0.15) is 5.76 Å². The average Bonchev–Trinajstić information content (AvgIpc) is 2.51. The van der Waals surface area contributed by atoms with Crippen molar-refractivity contribution in [1.29, 1.82) is 0 Å². The van der Waals surface area contributed by atoms with Crippen LogP contribution in [0.15, 0.2) is 16.5 Å². The Morgan fingerprint density at radius 1 is 1.54 bits per heavy atom. The molecule has 0 aromatic carbocycles. The summed E-state index contributed by atoms with van der Waals surface area (Å²) in [5.41, 5.74) is 5.49. The van der Waals surface area contributed by atoms with E-state index in [1.165, 1.54) is 0 Å². The molecule has 0 radical (unpaired) electrons. The summed E-state index contributed by atoms with van der Waals surface area (Å²) in [6.45, 7) is 4.81. The zero-order chi connectivity index (χ0) is 9.84. The Bertz CT molecular complexity index is 257. The number of nitrogens with zero attached hydrogens (tertiary/aromatic N) is 1. The van der Waals surface area contributed by atoms with Gasteiger partial charge >= 0.3 is 0 Å². The molecule has 1 rings (SSSR count). The molecule has 0 saturated carbocycles. The van der Waals surface area contributed by atoms with Gasteiger partial charge in [0.15, 0.2) is 5.88 Å². The minimum absolute atomic E-state index is 0.426. The van der Waals surface area contributed by atoms with Gasteiger partial charge in [-0.3, -0.25) is 0 Å². The van der Waals surface area contributed by atoms with Crippen molar-refractivity contribution in [2.24, 2.45) is 5.73 Å². The fourth-order valence-corrected chi connectivity index (χ4v) is 1.26. The maximum atomic E-state index is 5.50. The lowest BCUT2D eigenvalue weighted by molar-refractivity contribution is 0.500. The highest BCUT2D eigenvalue weighted by Gasteiger charge is 2.11. The summed E-state index contributed by atoms with van der Waals surface area (Å²) < 4.78 is 5.50. The highest BCUT2D eigenvalue weighted by atomic mass is 16.4. The first-order valence-corrected chi connectivity index (χ1v) is 4.64. The molecule has 1 aromatic rings. The minimum atomic E-state index is 0.426.